The normalized spacial score (nSPS) is 15.4. The van der Waals surface area contributed by atoms with Gasteiger partial charge in [-0.1, -0.05) is 22.9 Å². The molecule has 0 rings (SSSR count). The number of carbonyl (C=O) groups is 1. The molecular formula is C4H9BrClNO2. The number of rotatable bonds is 2. The Bertz CT molecular complexity index is 98.6. The van der Waals surface area contributed by atoms with Crippen molar-refractivity contribution in [3.8, 4) is 0 Å². The molecule has 0 saturated carbocycles. The first kappa shape index (κ1) is 11.9. The highest BCUT2D eigenvalue weighted by molar-refractivity contribution is 9.09. The highest BCUT2D eigenvalue weighted by Gasteiger charge is 2.15. The van der Waals surface area contributed by atoms with Gasteiger partial charge in [-0.2, -0.15) is 0 Å². The van der Waals surface area contributed by atoms with E-state index in [1.165, 1.54) is 0 Å². The van der Waals surface area contributed by atoms with Crippen molar-refractivity contribution in [3.63, 3.8) is 0 Å². The second-order valence-corrected chi connectivity index (χ2v) is 2.99. The standard InChI is InChI=1S/C4H8BrNO2.ClH/c1-2(5)3(6)4(7)8;/h2-3H,6H2,1H3,(H,7,8);1H/t2-,3+;/m1./s1. The Kier molecular flexibility index (Phi) is 6.66. The van der Waals surface area contributed by atoms with Crippen LogP contribution in [0, 0.1) is 0 Å². The minimum absolute atomic E-state index is 0. The first-order valence-corrected chi connectivity index (χ1v) is 3.09. The summed E-state index contributed by atoms with van der Waals surface area (Å²) in [5.41, 5.74) is 5.11. The van der Waals surface area contributed by atoms with E-state index in [1.807, 2.05) is 0 Å². The maximum absolute atomic E-state index is 9.99. The average Bonchev–Trinajstić information content (AvgIpc) is 1.64. The van der Waals surface area contributed by atoms with Crippen molar-refractivity contribution in [2.24, 2.45) is 5.73 Å². The Morgan fingerprint density at radius 3 is 2.11 bits per heavy atom. The third-order valence-corrected chi connectivity index (χ3v) is 1.35. The van der Waals surface area contributed by atoms with Crippen molar-refractivity contribution in [1.29, 1.82) is 0 Å². The van der Waals surface area contributed by atoms with E-state index in [0.717, 1.165) is 0 Å². The molecule has 9 heavy (non-hydrogen) atoms. The molecule has 0 aromatic carbocycles. The molecular weight excluding hydrogens is 209 g/mol. The van der Waals surface area contributed by atoms with Crippen molar-refractivity contribution in [2.45, 2.75) is 17.8 Å². The van der Waals surface area contributed by atoms with Gasteiger partial charge in [-0.05, 0) is 0 Å². The van der Waals surface area contributed by atoms with E-state index in [4.69, 9.17) is 10.8 Å². The molecule has 0 bridgehead atoms. The van der Waals surface area contributed by atoms with Crippen LogP contribution < -0.4 is 5.73 Å². The SMILES string of the molecule is C[C@@H](Br)[C@H](N)C(=O)O.Cl. The summed E-state index contributed by atoms with van der Waals surface area (Å²) in [6, 6.07) is -0.796. The number of hydrogen-bond donors (Lipinski definition) is 2. The lowest BCUT2D eigenvalue weighted by Crippen LogP contribution is -2.36. The van der Waals surface area contributed by atoms with Gasteiger partial charge in [0.05, 0.1) is 0 Å². The lowest BCUT2D eigenvalue weighted by molar-refractivity contribution is -0.138. The summed E-state index contributed by atoms with van der Waals surface area (Å²) in [6.45, 7) is 1.69. The van der Waals surface area contributed by atoms with Gasteiger partial charge in [0.2, 0.25) is 0 Å². The molecule has 0 aromatic heterocycles. The lowest BCUT2D eigenvalue weighted by atomic mass is 10.2. The van der Waals surface area contributed by atoms with E-state index in [0.29, 0.717) is 0 Å². The molecule has 0 aliphatic rings. The first-order chi connectivity index (χ1) is 3.55. The van der Waals surface area contributed by atoms with Gasteiger partial charge in [0, 0.05) is 4.83 Å². The molecule has 3 N–H and O–H groups in total. The van der Waals surface area contributed by atoms with E-state index in [1.54, 1.807) is 6.92 Å². The topological polar surface area (TPSA) is 63.3 Å². The largest absolute Gasteiger partial charge is 0.480 e. The van der Waals surface area contributed by atoms with E-state index < -0.39 is 12.0 Å². The number of carboxylic acid groups (broad SMARTS) is 1. The van der Waals surface area contributed by atoms with E-state index in [2.05, 4.69) is 15.9 Å². The highest BCUT2D eigenvalue weighted by Crippen LogP contribution is 2.00. The van der Waals surface area contributed by atoms with Gasteiger partial charge in [-0.15, -0.1) is 12.4 Å². The third kappa shape index (κ3) is 4.69. The van der Waals surface area contributed by atoms with Crippen molar-refractivity contribution in [3.05, 3.63) is 0 Å². The molecule has 0 radical (unpaired) electrons. The summed E-state index contributed by atoms with van der Waals surface area (Å²) < 4.78 is 0. The van der Waals surface area contributed by atoms with Gasteiger partial charge in [-0.3, -0.25) is 4.79 Å². The molecule has 0 heterocycles. The Labute approximate surface area is 68.2 Å². The number of halogens is 2. The van der Waals surface area contributed by atoms with Gasteiger partial charge < -0.3 is 10.8 Å². The molecule has 0 amide bonds. The lowest BCUT2D eigenvalue weighted by Gasteiger charge is -2.06. The summed E-state index contributed by atoms with van der Waals surface area (Å²) in [5.74, 6) is -0.977. The zero-order chi connectivity index (χ0) is 6.73. The predicted molar refractivity (Wildman–Crippen MR) is 41.2 cm³/mol. The third-order valence-electron chi connectivity index (χ3n) is 0.780. The molecule has 5 heteroatoms. The molecule has 0 spiro atoms. The molecule has 0 aliphatic carbocycles. The predicted octanol–water partition coefficient (Wildman–Crippen LogP) is 0.603. The number of alkyl halides is 1. The summed E-state index contributed by atoms with van der Waals surface area (Å²) in [4.78, 5) is 9.82. The Balaban J connectivity index is 0. The highest BCUT2D eigenvalue weighted by atomic mass is 79.9. The zero-order valence-corrected chi connectivity index (χ0v) is 7.28. The molecule has 0 saturated heterocycles. The number of nitrogens with two attached hydrogens (primary N) is 1. The van der Waals surface area contributed by atoms with Crippen LogP contribution >= 0.6 is 28.3 Å². The van der Waals surface area contributed by atoms with Crippen molar-refractivity contribution in [2.75, 3.05) is 0 Å². The molecule has 0 aliphatic heterocycles. The maximum atomic E-state index is 9.99. The Morgan fingerprint density at radius 2 is 2.11 bits per heavy atom. The first-order valence-electron chi connectivity index (χ1n) is 2.18. The maximum Gasteiger partial charge on any atom is 0.321 e. The van der Waals surface area contributed by atoms with Gasteiger partial charge in [0.15, 0.2) is 0 Å². The summed E-state index contributed by atoms with van der Waals surface area (Å²) in [7, 11) is 0. The Hall–Kier alpha value is 0.200. The van der Waals surface area contributed by atoms with Crippen molar-refractivity contribution in [1.82, 2.24) is 0 Å². The summed E-state index contributed by atoms with van der Waals surface area (Å²) >= 11 is 3.03. The second kappa shape index (κ2) is 5.02. The summed E-state index contributed by atoms with van der Waals surface area (Å²) in [5, 5.41) is 8.20. The van der Waals surface area contributed by atoms with E-state index in [9.17, 15) is 4.79 Å². The van der Waals surface area contributed by atoms with Crippen LogP contribution in [0.3, 0.4) is 0 Å². The van der Waals surface area contributed by atoms with E-state index >= 15 is 0 Å². The fourth-order valence-electron chi connectivity index (χ4n) is 0.196. The number of hydrogen-bond acceptors (Lipinski definition) is 2. The molecule has 0 unspecified atom stereocenters. The number of aliphatic carboxylic acids is 1. The quantitative estimate of drug-likeness (QED) is 0.667. The fourth-order valence-corrected chi connectivity index (χ4v) is 0.423. The molecule has 0 aromatic rings. The van der Waals surface area contributed by atoms with Crippen LogP contribution in [-0.4, -0.2) is 21.9 Å². The molecule has 3 nitrogen and oxygen atoms in total. The molecule has 0 fully saturated rings. The van der Waals surface area contributed by atoms with E-state index in [-0.39, 0.29) is 17.2 Å². The van der Waals surface area contributed by atoms with Crippen LogP contribution in [0.4, 0.5) is 0 Å². The fraction of sp³-hybridized carbons (Fsp3) is 0.750. The van der Waals surface area contributed by atoms with Crippen molar-refractivity contribution >= 4 is 34.3 Å². The van der Waals surface area contributed by atoms with Crippen molar-refractivity contribution < 1.29 is 9.90 Å². The Morgan fingerprint density at radius 1 is 1.78 bits per heavy atom. The minimum Gasteiger partial charge on any atom is -0.480 e. The monoisotopic (exact) mass is 217 g/mol. The van der Waals surface area contributed by atoms with Crippen LogP contribution in [0.2, 0.25) is 0 Å². The van der Waals surface area contributed by atoms with Gasteiger partial charge in [-0.25, -0.2) is 0 Å². The minimum atomic E-state index is -0.977. The van der Waals surface area contributed by atoms with Crippen LogP contribution in [0.25, 0.3) is 0 Å². The van der Waals surface area contributed by atoms with Crippen LogP contribution in [0.5, 0.6) is 0 Å². The summed E-state index contributed by atoms with van der Waals surface area (Å²) in [6.07, 6.45) is 0. The molecule has 2 atom stereocenters. The van der Waals surface area contributed by atoms with Crippen LogP contribution in [0.15, 0.2) is 0 Å². The van der Waals surface area contributed by atoms with Crippen LogP contribution in [-0.2, 0) is 4.79 Å². The number of carboxylic acids is 1. The van der Waals surface area contributed by atoms with Gasteiger partial charge in [0.1, 0.15) is 6.04 Å². The molecule has 56 valence electrons. The average molecular weight is 218 g/mol. The zero-order valence-electron chi connectivity index (χ0n) is 4.87. The second-order valence-electron chi connectivity index (χ2n) is 1.54. The van der Waals surface area contributed by atoms with Gasteiger partial charge in [0.25, 0.3) is 0 Å². The smallest absolute Gasteiger partial charge is 0.321 e. The van der Waals surface area contributed by atoms with Crippen LogP contribution in [0.1, 0.15) is 6.92 Å². The van der Waals surface area contributed by atoms with Gasteiger partial charge >= 0.3 is 5.97 Å².